The second kappa shape index (κ2) is 45.9. The summed E-state index contributed by atoms with van der Waals surface area (Å²) < 4.78 is 11.2. The largest absolute Gasteiger partial charge is 0.394 e. The van der Waals surface area contributed by atoms with Gasteiger partial charge in [0.05, 0.1) is 25.4 Å². The summed E-state index contributed by atoms with van der Waals surface area (Å²) in [5.74, 6) is -0.188. The number of nitrogens with one attached hydrogen (secondary N) is 1. The highest BCUT2D eigenvalue weighted by atomic mass is 16.7. The van der Waals surface area contributed by atoms with Gasteiger partial charge in [-0.1, -0.05) is 223 Å². The molecule has 0 aliphatic carbocycles. The minimum absolute atomic E-state index is 0.188. The Morgan fingerprint density at radius 3 is 1.42 bits per heavy atom. The molecular weight excluding hydrogens is 815 g/mol. The number of aliphatic hydroxyl groups is 5. The van der Waals surface area contributed by atoms with E-state index >= 15 is 0 Å². The van der Waals surface area contributed by atoms with Gasteiger partial charge in [-0.05, 0) is 64.2 Å². The number of amides is 1. The molecule has 0 saturated carbocycles. The summed E-state index contributed by atoms with van der Waals surface area (Å²) in [6.45, 7) is 3.71. The van der Waals surface area contributed by atoms with Crippen LogP contribution in [-0.4, -0.2) is 87.5 Å². The zero-order chi connectivity index (χ0) is 47.3. The van der Waals surface area contributed by atoms with Gasteiger partial charge in [-0.25, -0.2) is 0 Å². The SMILES string of the molecule is CCCCC/C=C/CC/C=C/C(O)C(COC1OC(CO)C(O)C(O)C1O)NC(=O)CCCCCCCCCCCCCCCCCCC/C=C\C/C=C\CCCCCCCCCCC. The predicted octanol–water partition coefficient (Wildman–Crippen LogP) is 13.0. The van der Waals surface area contributed by atoms with Crippen LogP contribution in [0.1, 0.15) is 245 Å². The van der Waals surface area contributed by atoms with Crippen LogP contribution in [0.3, 0.4) is 0 Å². The summed E-state index contributed by atoms with van der Waals surface area (Å²) in [5.41, 5.74) is 0. The van der Waals surface area contributed by atoms with Crippen molar-refractivity contribution in [2.24, 2.45) is 0 Å². The van der Waals surface area contributed by atoms with Crippen molar-refractivity contribution >= 4 is 5.91 Å². The predicted molar refractivity (Wildman–Crippen MR) is 272 cm³/mol. The summed E-state index contributed by atoms with van der Waals surface area (Å²) in [5, 5.41) is 54.1. The van der Waals surface area contributed by atoms with Crippen LogP contribution in [-0.2, 0) is 14.3 Å². The van der Waals surface area contributed by atoms with Crippen LogP contribution in [0.2, 0.25) is 0 Å². The Hall–Kier alpha value is -1.85. The molecule has 380 valence electrons. The third-order valence-electron chi connectivity index (χ3n) is 12.9. The number of carbonyl (C=O) groups excluding carboxylic acids is 1. The molecule has 0 aromatic rings. The van der Waals surface area contributed by atoms with Gasteiger partial charge in [0.1, 0.15) is 24.4 Å². The minimum Gasteiger partial charge on any atom is -0.394 e. The number of carbonyl (C=O) groups is 1. The highest BCUT2D eigenvalue weighted by Crippen LogP contribution is 2.23. The Kier molecular flexibility index (Phi) is 43.2. The molecule has 1 heterocycles. The Bertz CT molecular complexity index is 1160. The van der Waals surface area contributed by atoms with Crippen molar-refractivity contribution < 1.29 is 39.8 Å². The number of aliphatic hydroxyl groups excluding tert-OH is 5. The monoisotopic (exact) mass is 918 g/mol. The summed E-state index contributed by atoms with van der Waals surface area (Å²) in [6, 6.07) is -0.819. The number of unbranched alkanes of at least 4 members (excludes halogenated alkanes) is 30. The summed E-state index contributed by atoms with van der Waals surface area (Å²) in [7, 11) is 0. The van der Waals surface area contributed by atoms with Crippen molar-refractivity contribution in [3.8, 4) is 0 Å². The van der Waals surface area contributed by atoms with Crippen LogP contribution < -0.4 is 5.32 Å². The van der Waals surface area contributed by atoms with Crippen molar-refractivity contribution in [3.05, 3.63) is 48.6 Å². The smallest absolute Gasteiger partial charge is 0.220 e. The molecule has 65 heavy (non-hydrogen) atoms. The van der Waals surface area contributed by atoms with E-state index < -0.39 is 49.5 Å². The summed E-state index contributed by atoms with van der Waals surface area (Å²) in [4.78, 5) is 13.0. The molecule has 0 spiro atoms. The Labute approximate surface area is 399 Å². The lowest BCUT2D eigenvalue weighted by Crippen LogP contribution is -2.60. The maximum atomic E-state index is 13.0. The van der Waals surface area contributed by atoms with E-state index in [0.29, 0.717) is 6.42 Å². The molecule has 1 rings (SSSR count). The number of rotatable bonds is 46. The normalized spacial score (nSPS) is 20.3. The van der Waals surface area contributed by atoms with E-state index in [1.54, 1.807) is 6.08 Å². The van der Waals surface area contributed by atoms with E-state index in [4.69, 9.17) is 9.47 Å². The van der Waals surface area contributed by atoms with Gasteiger partial charge in [-0.3, -0.25) is 4.79 Å². The topological polar surface area (TPSA) is 149 Å². The van der Waals surface area contributed by atoms with Gasteiger partial charge in [-0.15, -0.1) is 0 Å². The van der Waals surface area contributed by atoms with Gasteiger partial charge in [0.2, 0.25) is 5.91 Å². The van der Waals surface area contributed by atoms with Crippen LogP contribution in [0.5, 0.6) is 0 Å². The van der Waals surface area contributed by atoms with E-state index in [9.17, 15) is 30.3 Å². The van der Waals surface area contributed by atoms with Crippen LogP contribution in [0.15, 0.2) is 48.6 Å². The third-order valence-corrected chi connectivity index (χ3v) is 12.9. The molecule has 6 N–H and O–H groups in total. The van der Waals surface area contributed by atoms with Gasteiger partial charge in [-0.2, -0.15) is 0 Å². The van der Waals surface area contributed by atoms with Crippen molar-refractivity contribution in [2.45, 2.75) is 288 Å². The third kappa shape index (κ3) is 35.9. The zero-order valence-corrected chi connectivity index (χ0v) is 42.0. The molecule has 1 saturated heterocycles. The van der Waals surface area contributed by atoms with E-state index in [1.165, 1.54) is 180 Å². The van der Waals surface area contributed by atoms with Crippen molar-refractivity contribution in [3.63, 3.8) is 0 Å². The summed E-state index contributed by atoms with van der Waals surface area (Å²) in [6.07, 6.45) is 53.6. The van der Waals surface area contributed by atoms with Crippen LogP contribution in [0.4, 0.5) is 0 Å². The molecule has 9 nitrogen and oxygen atoms in total. The Morgan fingerprint density at radius 2 is 0.923 bits per heavy atom. The molecule has 1 fully saturated rings. The van der Waals surface area contributed by atoms with Gasteiger partial charge in [0.25, 0.3) is 0 Å². The van der Waals surface area contributed by atoms with Crippen LogP contribution in [0, 0.1) is 0 Å². The first-order chi connectivity index (χ1) is 31.8. The second-order valence-electron chi connectivity index (χ2n) is 19.0. The molecule has 0 radical (unpaired) electrons. The number of ether oxygens (including phenoxy) is 2. The Morgan fingerprint density at radius 1 is 0.523 bits per heavy atom. The molecule has 7 unspecified atom stereocenters. The molecule has 0 bridgehead atoms. The maximum Gasteiger partial charge on any atom is 0.220 e. The van der Waals surface area contributed by atoms with E-state index in [1.807, 2.05) is 6.08 Å². The average molecular weight is 918 g/mol. The molecule has 1 amide bonds. The fourth-order valence-electron chi connectivity index (χ4n) is 8.50. The van der Waals surface area contributed by atoms with E-state index in [-0.39, 0.29) is 12.5 Å². The lowest BCUT2D eigenvalue weighted by molar-refractivity contribution is -0.302. The second-order valence-corrected chi connectivity index (χ2v) is 19.0. The summed E-state index contributed by atoms with van der Waals surface area (Å²) >= 11 is 0. The first kappa shape index (κ1) is 61.2. The molecular formula is C56H103NO8. The van der Waals surface area contributed by atoms with Gasteiger partial charge in [0.15, 0.2) is 6.29 Å². The first-order valence-corrected chi connectivity index (χ1v) is 27.4. The first-order valence-electron chi connectivity index (χ1n) is 27.4. The molecule has 0 aromatic heterocycles. The highest BCUT2D eigenvalue weighted by molar-refractivity contribution is 5.76. The standard InChI is InChI=1S/C56H103NO8/c1-3-5-7-9-11-13-14-15-16-17-18-19-20-21-22-23-24-25-26-27-28-29-30-31-32-33-34-35-36-38-40-42-44-46-52(60)57-49(50(59)45-43-41-39-37-12-10-8-6-4-2)48-64-56-55(63)54(62)53(61)51(47-58)65-56/h12,18-19,21-22,37,43,45,49-51,53-56,58-59,61-63H,3-11,13-17,20,23-36,38-42,44,46-48H2,1-2H3,(H,57,60)/b19-18-,22-21-,37-12+,45-43+. The van der Waals surface area contributed by atoms with Crippen molar-refractivity contribution in [2.75, 3.05) is 13.2 Å². The highest BCUT2D eigenvalue weighted by Gasteiger charge is 2.44. The Balaban J connectivity index is 2.08. The van der Waals surface area contributed by atoms with E-state index in [0.717, 1.165) is 44.9 Å². The molecule has 0 aromatic carbocycles. The number of hydrogen-bond donors (Lipinski definition) is 6. The van der Waals surface area contributed by atoms with E-state index in [2.05, 4.69) is 55.6 Å². The fraction of sp³-hybridized carbons (Fsp3) is 0.839. The average Bonchev–Trinajstić information content (AvgIpc) is 3.31. The van der Waals surface area contributed by atoms with Crippen molar-refractivity contribution in [1.29, 1.82) is 0 Å². The quantitative estimate of drug-likeness (QED) is 0.0261. The zero-order valence-electron chi connectivity index (χ0n) is 42.0. The van der Waals surface area contributed by atoms with Gasteiger partial charge >= 0.3 is 0 Å². The molecule has 1 aliphatic heterocycles. The number of allylic oxidation sites excluding steroid dienone is 7. The van der Waals surface area contributed by atoms with Crippen LogP contribution in [0.25, 0.3) is 0 Å². The maximum absolute atomic E-state index is 13.0. The molecule has 1 aliphatic rings. The van der Waals surface area contributed by atoms with Gasteiger partial charge < -0.3 is 40.3 Å². The lowest BCUT2D eigenvalue weighted by Gasteiger charge is -2.40. The lowest BCUT2D eigenvalue weighted by atomic mass is 9.99. The van der Waals surface area contributed by atoms with Crippen LogP contribution >= 0.6 is 0 Å². The van der Waals surface area contributed by atoms with Gasteiger partial charge in [0, 0.05) is 6.42 Å². The minimum atomic E-state index is -1.57. The number of hydrogen-bond acceptors (Lipinski definition) is 8. The molecule has 7 atom stereocenters. The molecule has 9 heteroatoms. The fourth-order valence-corrected chi connectivity index (χ4v) is 8.50. The van der Waals surface area contributed by atoms with Crippen molar-refractivity contribution in [1.82, 2.24) is 5.32 Å².